The van der Waals surface area contributed by atoms with Crippen molar-refractivity contribution in [1.82, 2.24) is 23.8 Å². The average molecular weight is 393 g/mol. The quantitative estimate of drug-likeness (QED) is 0.630. The summed E-state index contributed by atoms with van der Waals surface area (Å²) in [7, 11) is -1.48. The summed E-state index contributed by atoms with van der Waals surface area (Å²) in [6.07, 6.45) is 3.92. The van der Waals surface area contributed by atoms with Crippen LogP contribution in [0.2, 0.25) is 10.6 Å². The summed E-state index contributed by atoms with van der Waals surface area (Å²) in [6.45, 7) is 0.973. The Labute approximate surface area is 150 Å². The maximum Gasteiger partial charge on any atom is 0.226 e. The van der Waals surface area contributed by atoms with Crippen molar-refractivity contribution >= 4 is 50.2 Å². The van der Waals surface area contributed by atoms with E-state index < -0.39 is 10.0 Å². The molecule has 1 N–H and O–H groups in total. The van der Waals surface area contributed by atoms with Crippen molar-refractivity contribution in [3.63, 3.8) is 0 Å². The zero-order valence-corrected chi connectivity index (χ0v) is 15.7. The Balaban J connectivity index is 1.87. The van der Waals surface area contributed by atoms with Gasteiger partial charge in [-0.2, -0.15) is 19.3 Å². The fraction of sp³-hybridized carbons (Fsp3) is 0.615. The zero-order valence-electron chi connectivity index (χ0n) is 13.3. The highest BCUT2D eigenvalue weighted by Gasteiger charge is 2.29. The second-order valence-corrected chi connectivity index (χ2v) is 8.47. The van der Waals surface area contributed by atoms with Crippen molar-refractivity contribution in [2.24, 2.45) is 7.05 Å². The van der Waals surface area contributed by atoms with Gasteiger partial charge < -0.3 is 9.88 Å². The molecular formula is C13H18Cl2N6O2S. The first-order valence-corrected chi connectivity index (χ1v) is 10.1. The minimum atomic E-state index is -3.24. The van der Waals surface area contributed by atoms with Gasteiger partial charge in [0, 0.05) is 26.2 Å². The monoisotopic (exact) mass is 392 g/mol. The van der Waals surface area contributed by atoms with Gasteiger partial charge in [0.05, 0.1) is 6.26 Å². The van der Waals surface area contributed by atoms with E-state index in [9.17, 15) is 8.42 Å². The van der Waals surface area contributed by atoms with Gasteiger partial charge in [0.25, 0.3) is 0 Å². The first-order valence-electron chi connectivity index (χ1n) is 7.53. The number of hydrogen-bond acceptors (Lipinski definition) is 6. The molecule has 1 aliphatic heterocycles. The molecule has 1 aliphatic rings. The van der Waals surface area contributed by atoms with Crippen LogP contribution in [0.4, 0.5) is 5.82 Å². The van der Waals surface area contributed by atoms with Crippen LogP contribution < -0.4 is 5.32 Å². The highest BCUT2D eigenvalue weighted by molar-refractivity contribution is 7.88. The van der Waals surface area contributed by atoms with Crippen LogP contribution in [0.15, 0.2) is 0 Å². The van der Waals surface area contributed by atoms with E-state index in [-0.39, 0.29) is 16.6 Å². The van der Waals surface area contributed by atoms with Gasteiger partial charge in [-0.05, 0) is 36.0 Å². The van der Waals surface area contributed by atoms with Crippen molar-refractivity contribution in [2.45, 2.75) is 25.3 Å². The molecule has 2 aromatic rings. The number of nitrogens with zero attached hydrogens (tertiary/aromatic N) is 5. The van der Waals surface area contributed by atoms with E-state index >= 15 is 0 Å². The third kappa shape index (κ3) is 3.44. The molecule has 0 radical (unpaired) electrons. The summed E-state index contributed by atoms with van der Waals surface area (Å²) < 4.78 is 27.1. The number of fused-ring (bicyclic) bond motifs is 1. The van der Waals surface area contributed by atoms with E-state index in [1.807, 2.05) is 0 Å². The fourth-order valence-electron chi connectivity index (χ4n) is 3.01. The van der Waals surface area contributed by atoms with Crippen LogP contribution in [-0.2, 0) is 17.1 Å². The number of rotatable bonds is 4. The van der Waals surface area contributed by atoms with Crippen molar-refractivity contribution in [1.29, 1.82) is 0 Å². The van der Waals surface area contributed by atoms with Gasteiger partial charge in [0.15, 0.2) is 11.5 Å². The molecule has 11 heteroatoms. The second kappa shape index (κ2) is 6.62. The van der Waals surface area contributed by atoms with Crippen LogP contribution in [0, 0.1) is 0 Å². The normalized spacial score (nSPS) is 19.8. The van der Waals surface area contributed by atoms with Crippen LogP contribution in [0.3, 0.4) is 0 Å². The lowest BCUT2D eigenvalue weighted by atomic mass is 10.1. The maximum atomic E-state index is 12.0. The number of hydrogen-bond donors (Lipinski definition) is 1. The minimum absolute atomic E-state index is 0.0587. The van der Waals surface area contributed by atoms with Crippen LogP contribution in [0.1, 0.15) is 19.3 Å². The molecule has 0 saturated carbocycles. The van der Waals surface area contributed by atoms with Gasteiger partial charge >= 0.3 is 0 Å². The lowest BCUT2D eigenvalue weighted by molar-refractivity contribution is 0.263. The summed E-state index contributed by atoms with van der Waals surface area (Å²) in [5.74, 6) is 0.492. The van der Waals surface area contributed by atoms with Crippen LogP contribution in [-0.4, -0.2) is 57.6 Å². The molecular weight excluding hydrogens is 375 g/mol. The molecule has 0 amide bonds. The fourth-order valence-corrected chi connectivity index (χ4v) is 4.52. The number of aromatic nitrogens is 4. The SMILES string of the molecule is Cn1c(Cl)nc2nc(Cl)nc(NCC3CCCCN3S(C)(=O)=O)c21. The molecule has 0 aromatic carbocycles. The number of piperidine rings is 1. The summed E-state index contributed by atoms with van der Waals surface area (Å²) in [4.78, 5) is 12.4. The Morgan fingerprint density at radius 1 is 1.25 bits per heavy atom. The molecule has 1 fully saturated rings. The molecule has 8 nitrogen and oxygen atoms in total. The standard InChI is InChI=1S/C13H18Cl2N6O2S/c1-20-9-10(17-12(14)18-11(9)19-13(20)15)16-7-8-5-3-4-6-21(8)24(2,22)23/h8H,3-7H2,1-2H3,(H,16,17,18). The van der Waals surface area contributed by atoms with Crippen molar-refractivity contribution in [3.8, 4) is 0 Å². The number of anilines is 1. The Kier molecular flexibility index (Phi) is 4.87. The number of imidazole rings is 1. The lowest BCUT2D eigenvalue weighted by Gasteiger charge is -2.33. The minimum Gasteiger partial charge on any atom is -0.367 e. The number of halogens is 2. The van der Waals surface area contributed by atoms with Crippen LogP contribution >= 0.6 is 23.2 Å². The zero-order chi connectivity index (χ0) is 17.5. The van der Waals surface area contributed by atoms with Gasteiger partial charge in [-0.1, -0.05) is 6.42 Å². The van der Waals surface area contributed by atoms with Crippen LogP contribution in [0.25, 0.3) is 11.2 Å². The Bertz CT molecular complexity index is 869. The Morgan fingerprint density at radius 3 is 2.71 bits per heavy atom. The Morgan fingerprint density at radius 2 is 2.00 bits per heavy atom. The van der Waals surface area contributed by atoms with E-state index in [1.165, 1.54) is 6.26 Å². The molecule has 1 saturated heterocycles. The van der Waals surface area contributed by atoms with Crippen LogP contribution in [0.5, 0.6) is 0 Å². The van der Waals surface area contributed by atoms with Gasteiger partial charge in [-0.25, -0.2) is 8.42 Å². The Hall–Kier alpha value is -1.16. The molecule has 24 heavy (non-hydrogen) atoms. The largest absolute Gasteiger partial charge is 0.367 e. The molecule has 0 bridgehead atoms. The number of sulfonamides is 1. The van der Waals surface area contributed by atoms with E-state index in [0.717, 1.165) is 19.3 Å². The highest BCUT2D eigenvalue weighted by Crippen LogP contribution is 2.26. The maximum absolute atomic E-state index is 12.0. The smallest absolute Gasteiger partial charge is 0.226 e. The van der Waals surface area contributed by atoms with E-state index in [0.29, 0.717) is 30.1 Å². The molecule has 0 spiro atoms. The second-order valence-electron chi connectivity index (χ2n) is 5.86. The molecule has 3 heterocycles. The third-order valence-corrected chi connectivity index (χ3v) is 5.99. The van der Waals surface area contributed by atoms with E-state index in [2.05, 4.69) is 20.3 Å². The summed E-state index contributed by atoms with van der Waals surface area (Å²) in [5, 5.41) is 3.53. The topological polar surface area (TPSA) is 93.0 Å². The summed E-state index contributed by atoms with van der Waals surface area (Å²) in [5.41, 5.74) is 1.03. The first-order chi connectivity index (χ1) is 11.3. The lowest BCUT2D eigenvalue weighted by Crippen LogP contribution is -2.46. The molecule has 0 aliphatic carbocycles. The van der Waals surface area contributed by atoms with Gasteiger partial charge in [0.1, 0.15) is 5.52 Å². The van der Waals surface area contributed by atoms with E-state index in [4.69, 9.17) is 23.2 Å². The predicted molar refractivity (Wildman–Crippen MR) is 94.0 cm³/mol. The summed E-state index contributed by atoms with van der Waals surface area (Å²) >= 11 is 12.0. The first kappa shape index (κ1) is 17.7. The van der Waals surface area contributed by atoms with E-state index in [1.54, 1.807) is 15.9 Å². The number of aryl methyl sites for hydroxylation is 1. The van der Waals surface area contributed by atoms with Gasteiger partial charge in [-0.3, -0.25) is 0 Å². The number of nitrogens with one attached hydrogen (secondary N) is 1. The van der Waals surface area contributed by atoms with Gasteiger partial charge in [-0.15, -0.1) is 0 Å². The predicted octanol–water partition coefficient (Wildman–Crippen LogP) is 1.90. The molecule has 1 unspecified atom stereocenters. The molecule has 2 aromatic heterocycles. The van der Waals surface area contributed by atoms with Gasteiger partial charge in [0.2, 0.25) is 20.6 Å². The molecule has 1 atom stereocenters. The van der Waals surface area contributed by atoms with Crippen molar-refractivity contribution in [3.05, 3.63) is 10.6 Å². The summed E-state index contributed by atoms with van der Waals surface area (Å²) in [6, 6.07) is -0.124. The molecule has 3 rings (SSSR count). The average Bonchev–Trinajstić information content (AvgIpc) is 2.79. The highest BCUT2D eigenvalue weighted by atomic mass is 35.5. The molecule has 132 valence electrons. The van der Waals surface area contributed by atoms with Crippen molar-refractivity contribution in [2.75, 3.05) is 24.7 Å². The third-order valence-electron chi connectivity index (χ3n) is 4.15. The van der Waals surface area contributed by atoms with Crippen molar-refractivity contribution < 1.29 is 8.42 Å².